The van der Waals surface area contributed by atoms with Crippen molar-refractivity contribution in [2.24, 2.45) is 0 Å². The molecule has 0 rings (SSSR count). The van der Waals surface area contributed by atoms with Crippen LogP contribution in [0.4, 0.5) is 0 Å². The standard InChI is InChI=1S/C11H25N3O/c1-10(2)13-11(15)9-12-7-5-6-8-14(3)4/h10,12H,5-9H2,1-4H3,(H,13,15). The Morgan fingerprint density at radius 3 is 2.47 bits per heavy atom. The van der Waals surface area contributed by atoms with E-state index in [2.05, 4.69) is 29.6 Å². The van der Waals surface area contributed by atoms with E-state index in [0.29, 0.717) is 6.54 Å². The second-order valence-electron chi connectivity index (χ2n) is 4.41. The van der Waals surface area contributed by atoms with E-state index in [1.807, 2.05) is 13.8 Å². The molecule has 0 unspecified atom stereocenters. The normalized spacial score (nSPS) is 11.1. The maximum absolute atomic E-state index is 11.2. The summed E-state index contributed by atoms with van der Waals surface area (Å²) >= 11 is 0. The zero-order valence-electron chi connectivity index (χ0n) is 10.5. The summed E-state index contributed by atoms with van der Waals surface area (Å²) in [6.45, 7) is 6.39. The summed E-state index contributed by atoms with van der Waals surface area (Å²) < 4.78 is 0. The third-order valence-corrected chi connectivity index (χ3v) is 1.94. The highest BCUT2D eigenvalue weighted by Crippen LogP contribution is 1.88. The lowest BCUT2D eigenvalue weighted by Gasteiger charge is -2.10. The van der Waals surface area contributed by atoms with Gasteiger partial charge in [-0.15, -0.1) is 0 Å². The van der Waals surface area contributed by atoms with Crippen molar-refractivity contribution in [3.63, 3.8) is 0 Å². The largest absolute Gasteiger partial charge is 0.353 e. The summed E-state index contributed by atoms with van der Waals surface area (Å²) in [6.07, 6.45) is 2.29. The van der Waals surface area contributed by atoms with Crippen molar-refractivity contribution in [3.8, 4) is 0 Å². The fraction of sp³-hybridized carbons (Fsp3) is 0.909. The maximum atomic E-state index is 11.2. The van der Waals surface area contributed by atoms with Crippen molar-refractivity contribution in [1.29, 1.82) is 0 Å². The van der Waals surface area contributed by atoms with Crippen molar-refractivity contribution in [1.82, 2.24) is 15.5 Å². The predicted octanol–water partition coefficient (Wildman–Crippen LogP) is 0.442. The minimum Gasteiger partial charge on any atom is -0.353 e. The van der Waals surface area contributed by atoms with Crippen LogP contribution in [0.2, 0.25) is 0 Å². The van der Waals surface area contributed by atoms with E-state index in [-0.39, 0.29) is 11.9 Å². The zero-order valence-corrected chi connectivity index (χ0v) is 10.5. The van der Waals surface area contributed by atoms with Gasteiger partial charge < -0.3 is 15.5 Å². The second kappa shape index (κ2) is 8.68. The van der Waals surface area contributed by atoms with Crippen LogP contribution in [-0.2, 0) is 4.79 Å². The number of hydrogen-bond donors (Lipinski definition) is 2. The molecule has 0 aromatic heterocycles. The van der Waals surface area contributed by atoms with Crippen molar-refractivity contribution in [3.05, 3.63) is 0 Å². The molecule has 0 atom stereocenters. The summed E-state index contributed by atoms with van der Waals surface area (Å²) in [5, 5.41) is 5.98. The highest BCUT2D eigenvalue weighted by atomic mass is 16.1. The summed E-state index contributed by atoms with van der Waals surface area (Å²) in [7, 11) is 4.15. The van der Waals surface area contributed by atoms with E-state index in [0.717, 1.165) is 19.5 Å². The first-order valence-electron chi connectivity index (χ1n) is 5.67. The molecule has 2 N–H and O–H groups in total. The van der Waals surface area contributed by atoms with Crippen LogP contribution < -0.4 is 10.6 Å². The van der Waals surface area contributed by atoms with Crippen molar-refractivity contribution in [2.45, 2.75) is 32.7 Å². The lowest BCUT2D eigenvalue weighted by molar-refractivity contribution is -0.120. The van der Waals surface area contributed by atoms with Crippen LogP contribution in [0.3, 0.4) is 0 Å². The third-order valence-electron chi connectivity index (χ3n) is 1.94. The van der Waals surface area contributed by atoms with Gasteiger partial charge in [0.1, 0.15) is 0 Å². The molecule has 0 heterocycles. The van der Waals surface area contributed by atoms with E-state index >= 15 is 0 Å². The van der Waals surface area contributed by atoms with Gasteiger partial charge >= 0.3 is 0 Å². The minimum atomic E-state index is 0.0811. The van der Waals surface area contributed by atoms with Gasteiger partial charge in [-0.05, 0) is 53.9 Å². The number of rotatable bonds is 8. The lowest BCUT2D eigenvalue weighted by atomic mass is 10.3. The monoisotopic (exact) mass is 215 g/mol. The predicted molar refractivity (Wildman–Crippen MR) is 63.9 cm³/mol. The van der Waals surface area contributed by atoms with E-state index in [1.165, 1.54) is 6.42 Å². The van der Waals surface area contributed by atoms with Crippen LogP contribution in [0, 0.1) is 0 Å². The van der Waals surface area contributed by atoms with Gasteiger partial charge in [0.15, 0.2) is 0 Å². The first-order chi connectivity index (χ1) is 7.02. The minimum absolute atomic E-state index is 0.0811. The summed E-state index contributed by atoms with van der Waals surface area (Å²) in [5.41, 5.74) is 0. The molecule has 4 heteroatoms. The molecule has 0 spiro atoms. The van der Waals surface area contributed by atoms with E-state index < -0.39 is 0 Å². The lowest BCUT2D eigenvalue weighted by Crippen LogP contribution is -2.38. The number of carbonyl (C=O) groups excluding carboxylic acids is 1. The van der Waals surface area contributed by atoms with Gasteiger partial charge in [-0.3, -0.25) is 4.79 Å². The maximum Gasteiger partial charge on any atom is 0.234 e. The first-order valence-corrected chi connectivity index (χ1v) is 5.67. The SMILES string of the molecule is CC(C)NC(=O)CNCCCCN(C)C. The Morgan fingerprint density at radius 2 is 1.93 bits per heavy atom. The van der Waals surface area contributed by atoms with E-state index in [4.69, 9.17) is 0 Å². The molecule has 0 saturated heterocycles. The van der Waals surface area contributed by atoms with Crippen LogP contribution in [-0.4, -0.2) is 50.6 Å². The molecule has 0 aromatic carbocycles. The second-order valence-corrected chi connectivity index (χ2v) is 4.41. The first kappa shape index (κ1) is 14.4. The van der Waals surface area contributed by atoms with Crippen molar-refractivity contribution < 1.29 is 4.79 Å². The summed E-state index contributed by atoms with van der Waals surface area (Å²) in [6, 6.07) is 0.230. The van der Waals surface area contributed by atoms with E-state index in [1.54, 1.807) is 0 Å². The van der Waals surface area contributed by atoms with Gasteiger partial charge in [0, 0.05) is 6.04 Å². The van der Waals surface area contributed by atoms with Crippen LogP contribution >= 0.6 is 0 Å². The molecule has 0 radical (unpaired) electrons. The average Bonchev–Trinajstić information content (AvgIpc) is 2.09. The van der Waals surface area contributed by atoms with Crippen molar-refractivity contribution >= 4 is 5.91 Å². The Kier molecular flexibility index (Phi) is 8.33. The molecule has 90 valence electrons. The third kappa shape index (κ3) is 11.3. The highest BCUT2D eigenvalue weighted by Gasteiger charge is 2.01. The molecule has 0 aliphatic heterocycles. The van der Waals surface area contributed by atoms with E-state index in [9.17, 15) is 4.79 Å². The molecule has 1 amide bonds. The van der Waals surface area contributed by atoms with Crippen LogP contribution in [0.5, 0.6) is 0 Å². The molecule has 0 aliphatic carbocycles. The number of hydrogen-bond acceptors (Lipinski definition) is 3. The van der Waals surface area contributed by atoms with Gasteiger partial charge in [-0.2, -0.15) is 0 Å². The summed E-state index contributed by atoms with van der Waals surface area (Å²) in [4.78, 5) is 13.4. The van der Waals surface area contributed by atoms with Crippen LogP contribution in [0.15, 0.2) is 0 Å². The van der Waals surface area contributed by atoms with Crippen LogP contribution in [0.25, 0.3) is 0 Å². The zero-order chi connectivity index (χ0) is 11.7. The number of nitrogens with one attached hydrogen (secondary N) is 2. The molecular weight excluding hydrogens is 190 g/mol. The Bertz CT molecular complexity index is 169. The average molecular weight is 215 g/mol. The molecule has 15 heavy (non-hydrogen) atoms. The number of unbranched alkanes of at least 4 members (excludes halogenated alkanes) is 1. The topological polar surface area (TPSA) is 44.4 Å². The molecule has 0 aromatic rings. The molecule has 0 aliphatic rings. The van der Waals surface area contributed by atoms with Gasteiger partial charge in [0.25, 0.3) is 0 Å². The Hall–Kier alpha value is -0.610. The van der Waals surface area contributed by atoms with Gasteiger partial charge in [0.05, 0.1) is 6.54 Å². The molecule has 0 saturated carbocycles. The van der Waals surface area contributed by atoms with Gasteiger partial charge in [-0.1, -0.05) is 0 Å². The quantitative estimate of drug-likeness (QED) is 0.578. The Morgan fingerprint density at radius 1 is 1.27 bits per heavy atom. The smallest absolute Gasteiger partial charge is 0.234 e. The molecule has 0 bridgehead atoms. The fourth-order valence-corrected chi connectivity index (χ4v) is 1.25. The number of carbonyl (C=O) groups is 1. The Balaban J connectivity index is 3.20. The fourth-order valence-electron chi connectivity index (χ4n) is 1.25. The number of amides is 1. The molecule has 4 nitrogen and oxygen atoms in total. The summed E-state index contributed by atoms with van der Waals surface area (Å²) in [5.74, 6) is 0.0811. The number of nitrogens with zero attached hydrogens (tertiary/aromatic N) is 1. The van der Waals surface area contributed by atoms with Gasteiger partial charge in [-0.25, -0.2) is 0 Å². The molecular formula is C11H25N3O. The molecule has 0 fully saturated rings. The van der Waals surface area contributed by atoms with Crippen molar-refractivity contribution in [2.75, 3.05) is 33.7 Å². The highest BCUT2D eigenvalue weighted by molar-refractivity contribution is 5.78. The Labute approximate surface area is 93.4 Å². The van der Waals surface area contributed by atoms with Crippen LogP contribution in [0.1, 0.15) is 26.7 Å². The van der Waals surface area contributed by atoms with Gasteiger partial charge in [0.2, 0.25) is 5.91 Å².